The van der Waals surface area contributed by atoms with E-state index >= 15 is 0 Å². The fourth-order valence-electron chi connectivity index (χ4n) is 9.08. The van der Waals surface area contributed by atoms with Crippen LogP contribution in [0.25, 0.3) is 0 Å². The van der Waals surface area contributed by atoms with Gasteiger partial charge in [0, 0.05) is 11.8 Å². The van der Waals surface area contributed by atoms with Crippen molar-refractivity contribution in [2.75, 3.05) is 19.8 Å². The van der Waals surface area contributed by atoms with Gasteiger partial charge < -0.3 is 35.3 Å². The van der Waals surface area contributed by atoms with Gasteiger partial charge in [-0.25, -0.2) is 4.79 Å². The molecule has 1 amide bonds. The number of amides is 1. The first-order valence-corrected chi connectivity index (χ1v) is 16.0. The average Bonchev–Trinajstić information content (AvgIpc) is 3.28. The molecule has 0 radical (unpaired) electrons. The van der Waals surface area contributed by atoms with Crippen LogP contribution >= 0.6 is 0 Å². The van der Waals surface area contributed by atoms with Crippen molar-refractivity contribution in [2.24, 2.45) is 33.7 Å². The highest BCUT2D eigenvalue weighted by Crippen LogP contribution is 2.67. The van der Waals surface area contributed by atoms with Crippen LogP contribution in [0.1, 0.15) is 71.3 Å². The van der Waals surface area contributed by atoms with E-state index in [1.165, 1.54) is 17.7 Å². The summed E-state index contributed by atoms with van der Waals surface area (Å²) < 4.78 is 5.13. The Morgan fingerprint density at radius 3 is 2.53 bits per heavy atom. The Morgan fingerprint density at radius 1 is 1.11 bits per heavy atom. The number of aliphatic hydroxyl groups is 3. The number of oxime groups is 1. The molecule has 3 fully saturated rings. The number of phenolic OH excluding ortho intramolecular Hbond substituents is 1. The van der Waals surface area contributed by atoms with E-state index < -0.39 is 47.4 Å². The second kappa shape index (κ2) is 12.8. The maximum absolute atomic E-state index is 12.7. The Bertz CT molecular complexity index is 1360. The number of hydrogen-bond donors (Lipinski definition) is 5. The summed E-state index contributed by atoms with van der Waals surface area (Å²) in [5.41, 5.74) is -0.0411. The van der Waals surface area contributed by atoms with Crippen molar-refractivity contribution in [1.82, 2.24) is 5.32 Å². The van der Waals surface area contributed by atoms with Gasteiger partial charge >= 0.3 is 5.97 Å². The monoisotopic (exact) mass is 626 g/mol. The standard InChI is InChI=1S/C34H46N2O9/c1-4-44-31(42)26(15-20-5-8-23(38)9-6-20)35-29(41)19-45-36-22-11-13-32(2)21(16-22)7-10-24-25-12-14-34(43,28(40)18-37)33(25,3)17-27(39)30(24)32/h5-6,8-9,16,24-27,30,37-39,43H,4,7,10-15,17-19H2,1-3H3,(H,35,41)/b36-22+/t24-,25-,26+,27-,30+,32-,33-,34-/m0/s1. The first-order valence-electron chi connectivity index (χ1n) is 16.0. The van der Waals surface area contributed by atoms with Gasteiger partial charge in [0.1, 0.15) is 24.0 Å². The lowest BCUT2D eigenvalue weighted by molar-refractivity contribution is -0.181. The van der Waals surface area contributed by atoms with Crippen LogP contribution < -0.4 is 5.32 Å². The molecule has 45 heavy (non-hydrogen) atoms. The second-order valence-electron chi connectivity index (χ2n) is 13.7. The third-order valence-electron chi connectivity index (χ3n) is 11.3. The molecule has 4 aliphatic carbocycles. The maximum Gasteiger partial charge on any atom is 0.328 e. The van der Waals surface area contributed by atoms with E-state index in [1.807, 2.05) is 13.0 Å². The van der Waals surface area contributed by atoms with E-state index in [-0.39, 0.29) is 48.6 Å². The Labute approximate surface area is 263 Å². The third kappa shape index (κ3) is 6.02. The van der Waals surface area contributed by atoms with E-state index in [1.54, 1.807) is 19.1 Å². The van der Waals surface area contributed by atoms with Crippen molar-refractivity contribution in [3.05, 3.63) is 41.5 Å². The lowest BCUT2D eigenvalue weighted by Crippen LogP contribution is -2.62. The lowest BCUT2D eigenvalue weighted by atomic mass is 9.45. The van der Waals surface area contributed by atoms with Crippen LogP contribution in [0.15, 0.2) is 41.1 Å². The molecule has 0 aliphatic heterocycles. The van der Waals surface area contributed by atoms with E-state index in [9.17, 15) is 34.8 Å². The van der Waals surface area contributed by atoms with Gasteiger partial charge in [0.25, 0.3) is 5.91 Å². The topological polar surface area (TPSA) is 175 Å². The molecule has 5 rings (SSSR count). The van der Waals surface area contributed by atoms with Crippen molar-refractivity contribution in [2.45, 2.75) is 89.9 Å². The minimum Gasteiger partial charge on any atom is -0.508 e. The zero-order valence-corrected chi connectivity index (χ0v) is 26.3. The number of Topliss-reactive ketones (excluding diaryl/α,β-unsaturated/α-hetero) is 1. The van der Waals surface area contributed by atoms with Crippen molar-refractivity contribution >= 4 is 23.4 Å². The minimum absolute atomic E-state index is 0.0243. The maximum atomic E-state index is 12.7. The molecule has 3 saturated carbocycles. The number of hydrogen-bond acceptors (Lipinski definition) is 10. The van der Waals surface area contributed by atoms with Gasteiger partial charge in [-0.15, -0.1) is 0 Å². The molecular formula is C34H46N2O9. The molecule has 0 aromatic heterocycles. The molecule has 1 aromatic carbocycles. The number of nitrogens with one attached hydrogen (secondary N) is 1. The van der Waals surface area contributed by atoms with Crippen LogP contribution in [-0.4, -0.2) is 81.4 Å². The molecule has 0 bridgehead atoms. The molecule has 4 aliphatic rings. The number of allylic oxidation sites excluding steroid dienone is 2. The number of aliphatic hydroxyl groups excluding tert-OH is 2. The molecule has 246 valence electrons. The highest BCUT2D eigenvalue weighted by atomic mass is 16.6. The number of carbonyl (C=O) groups excluding carboxylic acids is 3. The fourth-order valence-corrected chi connectivity index (χ4v) is 9.08. The molecule has 0 unspecified atom stereocenters. The number of carbonyl (C=O) groups is 3. The van der Waals surface area contributed by atoms with Crippen LogP contribution in [0.4, 0.5) is 0 Å². The van der Waals surface area contributed by atoms with Gasteiger partial charge in [-0.3, -0.25) is 9.59 Å². The number of phenols is 1. The van der Waals surface area contributed by atoms with Gasteiger partial charge in [-0.2, -0.15) is 0 Å². The number of ether oxygens (including phenoxy) is 1. The fraction of sp³-hybridized carbons (Fsp3) is 0.647. The van der Waals surface area contributed by atoms with Crippen molar-refractivity contribution in [1.29, 1.82) is 0 Å². The van der Waals surface area contributed by atoms with Crippen molar-refractivity contribution in [3.63, 3.8) is 0 Å². The number of aromatic hydroxyl groups is 1. The van der Waals surface area contributed by atoms with Crippen molar-refractivity contribution in [3.8, 4) is 5.75 Å². The van der Waals surface area contributed by atoms with E-state index in [2.05, 4.69) is 17.4 Å². The number of ketones is 1. The highest BCUT2D eigenvalue weighted by molar-refractivity contribution is 5.96. The van der Waals surface area contributed by atoms with E-state index in [0.29, 0.717) is 31.4 Å². The quantitative estimate of drug-likeness (QED) is 0.193. The van der Waals surface area contributed by atoms with Crippen LogP contribution in [-0.2, 0) is 30.4 Å². The summed E-state index contributed by atoms with van der Waals surface area (Å²) in [6, 6.07) is 5.44. The summed E-state index contributed by atoms with van der Waals surface area (Å²) in [4.78, 5) is 43.3. The summed E-state index contributed by atoms with van der Waals surface area (Å²) in [5.74, 6) is -1.34. The Morgan fingerprint density at radius 2 is 1.84 bits per heavy atom. The number of nitrogens with zero attached hydrogens (tertiary/aromatic N) is 1. The first-order chi connectivity index (χ1) is 21.4. The molecule has 0 spiro atoms. The lowest BCUT2D eigenvalue weighted by Gasteiger charge is -2.60. The number of esters is 1. The smallest absolute Gasteiger partial charge is 0.328 e. The Hall–Kier alpha value is -3.28. The van der Waals surface area contributed by atoms with Gasteiger partial charge in [0.2, 0.25) is 0 Å². The van der Waals surface area contributed by atoms with E-state index in [4.69, 9.17) is 9.57 Å². The van der Waals surface area contributed by atoms with E-state index in [0.717, 1.165) is 24.8 Å². The summed E-state index contributed by atoms with van der Waals surface area (Å²) in [6.45, 7) is 4.87. The van der Waals surface area contributed by atoms with Crippen LogP contribution in [0.2, 0.25) is 0 Å². The summed E-state index contributed by atoms with van der Waals surface area (Å²) in [7, 11) is 0. The van der Waals surface area contributed by atoms with Gasteiger partial charge in [-0.05, 0) is 98.8 Å². The molecule has 0 saturated heterocycles. The predicted molar refractivity (Wildman–Crippen MR) is 164 cm³/mol. The zero-order valence-electron chi connectivity index (χ0n) is 26.3. The average molecular weight is 627 g/mol. The van der Waals surface area contributed by atoms with Crippen LogP contribution in [0, 0.1) is 28.6 Å². The molecule has 1 aromatic rings. The molecule has 11 heteroatoms. The van der Waals surface area contributed by atoms with Crippen LogP contribution in [0.3, 0.4) is 0 Å². The highest BCUT2D eigenvalue weighted by Gasteiger charge is 2.68. The largest absolute Gasteiger partial charge is 0.508 e. The Balaban J connectivity index is 1.23. The SMILES string of the molecule is CCOC(=O)[C@@H](Cc1ccc(O)cc1)NC(=O)CO/N=C1/C=C2CC[C@@H]3[C@H]([C@@H](O)C[C@@]4(C)[C@H]3CC[C@]4(O)C(=O)CO)[C@@]2(C)CC1. The minimum atomic E-state index is -1.62. The molecule has 0 heterocycles. The summed E-state index contributed by atoms with van der Waals surface area (Å²) in [5, 5.41) is 49.0. The zero-order chi connectivity index (χ0) is 32.6. The number of rotatable bonds is 10. The third-order valence-corrected chi connectivity index (χ3v) is 11.3. The Kier molecular flexibility index (Phi) is 9.45. The molecule has 11 nitrogen and oxygen atoms in total. The molecule has 8 atom stereocenters. The number of benzene rings is 1. The van der Waals surface area contributed by atoms with Crippen molar-refractivity contribution < 1.29 is 44.4 Å². The normalized spacial score (nSPS) is 35.3. The van der Waals surface area contributed by atoms with Crippen LogP contribution in [0.5, 0.6) is 5.75 Å². The molecule has 5 N–H and O–H groups in total. The van der Waals surface area contributed by atoms with Gasteiger partial charge in [-0.1, -0.05) is 36.7 Å². The van der Waals surface area contributed by atoms with Gasteiger partial charge in [0.15, 0.2) is 12.4 Å². The predicted octanol–water partition coefficient (Wildman–Crippen LogP) is 2.58. The second-order valence-corrected chi connectivity index (χ2v) is 13.7. The molecular weight excluding hydrogens is 580 g/mol. The summed E-state index contributed by atoms with van der Waals surface area (Å²) >= 11 is 0. The first kappa shape index (κ1) is 33.1. The number of fused-ring (bicyclic) bond motifs is 5. The summed E-state index contributed by atoms with van der Waals surface area (Å²) in [6.07, 6.45) is 5.76. The van der Waals surface area contributed by atoms with Gasteiger partial charge in [0.05, 0.1) is 18.4 Å².